The summed E-state index contributed by atoms with van der Waals surface area (Å²) < 4.78 is 10.9. The number of carbonyl (C=O) groups is 1. The summed E-state index contributed by atoms with van der Waals surface area (Å²) in [6, 6.07) is 3.77. The summed E-state index contributed by atoms with van der Waals surface area (Å²) in [5, 5.41) is 2.90. The molecule has 0 aliphatic carbocycles. The molecule has 1 aliphatic rings. The lowest BCUT2D eigenvalue weighted by Crippen LogP contribution is -2.43. The minimum absolute atomic E-state index is 0.0143. The van der Waals surface area contributed by atoms with Crippen LogP contribution in [0.4, 0.5) is 0 Å². The van der Waals surface area contributed by atoms with Crippen molar-refractivity contribution in [2.75, 3.05) is 32.8 Å². The molecule has 3 heterocycles. The van der Waals surface area contributed by atoms with E-state index in [0.29, 0.717) is 25.5 Å². The summed E-state index contributed by atoms with van der Waals surface area (Å²) >= 11 is 0. The van der Waals surface area contributed by atoms with Gasteiger partial charge in [0, 0.05) is 32.0 Å². The van der Waals surface area contributed by atoms with Crippen LogP contribution in [0.2, 0.25) is 0 Å². The molecule has 1 saturated heterocycles. The number of morpholine rings is 1. The van der Waals surface area contributed by atoms with Crippen molar-refractivity contribution in [3.05, 3.63) is 48.4 Å². The van der Waals surface area contributed by atoms with E-state index in [-0.39, 0.29) is 11.9 Å². The second-order valence-electron chi connectivity index (χ2n) is 4.98. The predicted molar refractivity (Wildman–Crippen MR) is 78.2 cm³/mol. The molecule has 2 aromatic rings. The number of rotatable bonds is 5. The van der Waals surface area contributed by atoms with E-state index in [2.05, 4.69) is 20.2 Å². The van der Waals surface area contributed by atoms with Crippen LogP contribution in [-0.4, -0.2) is 53.6 Å². The molecular weight excluding hydrogens is 284 g/mol. The molecule has 22 heavy (non-hydrogen) atoms. The Balaban J connectivity index is 1.66. The number of furan rings is 1. The van der Waals surface area contributed by atoms with Crippen LogP contribution in [0.3, 0.4) is 0 Å². The first-order valence-corrected chi connectivity index (χ1v) is 7.24. The number of amides is 1. The first-order valence-electron chi connectivity index (χ1n) is 7.24. The standard InChI is InChI=1S/C15H18N4O3/c20-15(12-10-16-3-4-17-12)18-11-13(14-2-1-7-22-14)19-5-8-21-9-6-19/h1-4,7,10,13H,5-6,8-9,11H2,(H,18,20)/t13-/m1/s1. The third-order valence-corrected chi connectivity index (χ3v) is 3.61. The fraction of sp³-hybridized carbons (Fsp3) is 0.400. The van der Waals surface area contributed by atoms with Gasteiger partial charge in [0.25, 0.3) is 5.91 Å². The maximum Gasteiger partial charge on any atom is 0.271 e. The van der Waals surface area contributed by atoms with E-state index in [0.717, 1.165) is 18.8 Å². The van der Waals surface area contributed by atoms with Gasteiger partial charge in [-0.2, -0.15) is 0 Å². The largest absolute Gasteiger partial charge is 0.468 e. The van der Waals surface area contributed by atoms with E-state index in [1.165, 1.54) is 18.6 Å². The number of nitrogens with zero attached hydrogens (tertiary/aromatic N) is 3. The molecule has 1 fully saturated rings. The topological polar surface area (TPSA) is 80.5 Å². The van der Waals surface area contributed by atoms with E-state index >= 15 is 0 Å². The van der Waals surface area contributed by atoms with Gasteiger partial charge in [-0.3, -0.25) is 14.7 Å². The molecule has 0 radical (unpaired) electrons. The summed E-state index contributed by atoms with van der Waals surface area (Å²) in [7, 11) is 0. The molecule has 0 unspecified atom stereocenters. The summed E-state index contributed by atoms with van der Waals surface area (Å²) in [5.41, 5.74) is 0.308. The van der Waals surface area contributed by atoms with Crippen molar-refractivity contribution in [1.82, 2.24) is 20.2 Å². The van der Waals surface area contributed by atoms with Crippen molar-refractivity contribution in [3.8, 4) is 0 Å². The lowest BCUT2D eigenvalue weighted by atomic mass is 10.1. The lowest BCUT2D eigenvalue weighted by Gasteiger charge is -2.33. The van der Waals surface area contributed by atoms with E-state index in [4.69, 9.17) is 9.15 Å². The van der Waals surface area contributed by atoms with E-state index < -0.39 is 0 Å². The van der Waals surface area contributed by atoms with Gasteiger partial charge in [-0.25, -0.2) is 4.98 Å². The molecule has 0 bridgehead atoms. The van der Waals surface area contributed by atoms with Crippen LogP contribution in [0.15, 0.2) is 41.4 Å². The molecule has 3 rings (SSSR count). The third kappa shape index (κ3) is 3.49. The van der Waals surface area contributed by atoms with Gasteiger partial charge in [0.2, 0.25) is 0 Å². The molecule has 0 saturated carbocycles. The van der Waals surface area contributed by atoms with Crippen molar-refractivity contribution < 1.29 is 13.9 Å². The Morgan fingerprint density at radius 2 is 2.23 bits per heavy atom. The maximum absolute atomic E-state index is 12.1. The summed E-state index contributed by atoms with van der Waals surface area (Å²) in [5.74, 6) is 0.597. The molecule has 0 aromatic carbocycles. The summed E-state index contributed by atoms with van der Waals surface area (Å²) in [6.45, 7) is 3.45. The molecule has 2 aromatic heterocycles. The van der Waals surface area contributed by atoms with Gasteiger partial charge in [0.15, 0.2) is 0 Å². The summed E-state index contributed by atoms with van der Waals surface area (Å²) in [4.78, 5) is 22.3. The number of nitrogens with one attached hydrogen (secondary N) is 1. The van der Waals surface area contributed by atoms with E-state index in [9.17, 15) is 4.79 Å². The molecule has 1 amide bonds. The minimum atomic E-state index is -0.238. The van der Waals surface area contributed by atoms with Crippen molar-refractivity contribution >= 4 is 5.91 Å². The van der Waals surface area contributed by atoms with Crippen LogP contribution in [0.25, 0.3) is 0 Å². The average Bonchev–Trinajstić information content (AvgIpc) is 3.11. The van der Waals surface area contributed by atoms with Gasteiger partial charge in [-0.05, 0) is 12.1 Å². The highest BCUT2D eigenvalue weighted by molar-refractivity contribution is 5.91. The molecule has 1 N–H and O–H groups in total. The smallest absolute Gasteiger partial charge is 0.271 e. The fourth-order valence-electron chi connectivity index (χ4n) is 2.48. The zero-order chi connectivity index (χ0) is 15.2. The predicted octanol–water partition coefficient (Wildman–Crippen LogP) is 0.873. The van der Waals surface area contributed by atoms with Crippen LogP contribution in [0, 0.1) is 0 Å². The maximum atomic E-state index is 12.1. The monoisotopic (exact) mass is 302 g/mol. The van der Waals surface area contributed by atoms with E-state index in [1.807, 2.05) is 12.1 Å². The van der Waals surface area contributed by atoms with Crippen molar-refractivity contribution in [1.29, 1.82) is 0 Å². The highest BCUT2D eigenvalue weighted by Crippen LogP contribution is 2.21. The Bertz CT molecular complexity index is 582. The van der Waals surface area contributed by atoms with Crippen LogP contribution >= 0.6 is 0 Å². The Morgan fingerprint density at radius 3 is 2.91 bits per heavy atom. The van der Waals surface area contributed by atoms with Crippen LogP contribution in [-0.2, 0) is 4.74 Å². The molecule has 7 heteroatoms. The van der Waals surface area contributed by atoms with Crippen LogP contribution < -0.4 is 5.32 Å². The third-order valence-electron chi connectivity index (χ3n) is 3.61. The molecular formula is C15H18N4O3. The van der Waals surface area contributed by atoms with E-state index in [1.54, 1.807) is 6.26 Å². The quantitative estimate of drug-likeness (QED) is 0.883. The number of hydrogen-bond donors (Lipinski definition) is 1. The molecule has 1 atom stereocenters. The van der Waals surface area contributed by atoms with Crippen molar-refractivity contribution in [3.63, 3.8) is 0 Å². The highest BCUT2D eigenvalue weighted by Gasteiger charge is 2.25. The minimum Gasteiger partial charge on any atom is -0.468 e. The first-order chi connectivity index (χ1) is 10.8. The number of aromatic nitrogens is 2. The van der Waals surface area contributed by atoms with Crippen molar-refractivity contribution in [2.45, 2.75) is 6.04 Å². The highest BCUT2D eigenvalue weighted by atomic mass is 16.5. The van der Waals surface area contributed by atoms with Crippen LogP contribution in [0.5, 0.6) is 0 Å². The normalized spacial score (nSPS) is 17.1. The van der Waals surface area contributed by atoms with Crippen LogP contribution in [0.1, 0.15) is 22.3 Å². The molecule has 0 spiro atoms. The lowest BCUT2D eigenvalue weighted by molar-refractivity contribution is 0.0118. The Kier molecular flexibility index (Phi) is 4.77. The zero-order valence-corrected chi connectivity index (χ0v) is 12.1. The number of ether oxygens (including phenoxy) is 1. The first kappa shape index (κ1) is 14.7. The number of carbonyl (C=O) groups excluding carboxylic acids is 1. The average molecular weight is 302 g/mol. The van der Waals surface area contributed by atoms with Crippen molar-refractivity contribution in [2.24, 2.45) is 0 Å². The second kappa shape index (κ2) is 7.15. The molecule has 1 aliphatic heterocycles. The van der Waals surface area contributed by atoms with Gasteiger partial charge in [0.05, 0.1) is 31.7 Å². The Labute approximate surface area is 128 Å². The van der Waals surface area contributed by atoms with Gasteiger partial charge >= 0.3 is 0 Å². The summed E-state index contributed by atoms with van der Waals surface area (Å²) in [6.07, 6.45) is 6.14. The molecule has 7 nitrogen and oxygen atoms in total. The molecule has 116 valence electrons. The Morgan fingerprint density at radius 1 is 1.36 bits per heavy atom. The van der Waals surface area contributed by atoms with Gasteiger partial charge in [-0.1, -0.05) is 0 Å². The second-order valence-corrected chi connectivity index (χ2v) is 4.98. The Hall–Kier alpha value is -2.25. The SMILES string of the molecule is O=C(NC[C@H](c1ccco1)N1CCOCC1)c1cnccn1. The number of hydrogen-bond acceptors (Lipinski definition) is 6. The van der Waals surface area contributed by atoms with Gasteiger partial charge in [0.1, 0.15) is 11.5 Å². The fourth-order valence-corrected chi connectivity index (χ4v) is 2.48. The van der Waals surface area contributed by atoms with Gasteiger partial charge < -0.3 is 14.5 Å². The zero-order valence-electron chi connectivity index (χ0n) is 12.1. The van der Waals surface area contributed by atoms with Gasteiger partial charge in [-0.15, -0.1) is 0 Å².